The summed E-state index contributed by atoms with van der Waals surface area (Å²) in [5.41, 5.74) is 27.6. The number of aliphatic imine (C=N–C) groups is 2. The lowest BCUT2D eigenvalue weighted by molar-refractivity contribution is -0.143. The van der Waals surface area contributed by atoms with E-state index < -0.39 is 153 Å². The average molecular weight is 1100 g/mol. The molecule has 0 bridgehead atoms. The maximum absolute atomic E-state index is 13.9. The molecule has 31 nitrogen and oxygen atoms in total. The topological polar surface area (TPSA) is 532 Å². The fourth-order valence-electron chi connectivity index (χ4n) is 6.51. The van der Waals surface area contributed by atoms with Crippen LogP contribution in [0.25, 0.3) is 0 Å². The highest BCUT2D eigenvalue weighted by atomic mass is 32.2. The standard InChI is InChI=1S/C44H72N16O15S/c1-23(62)35(41(73)59-29(18-24-8-4-3-5-9-24)40(72)57-27(12-13-34(66)67)39(71)58-28(42(74)75)11-7-16-51-44(48)49)60-33(65)21-54-38(70)30(22-61)56-32(64)20-53-37(69)26(10-6-15-50-43(46)47)55-31(63)19-52-36(68)25(45)14-17-76-2/h3-5,8-9,23,25-30,35,61-62H,6-7,10-22,45H2,1-2H3,(H,52,68)(H,53,69)(H,54,70)(H,55,63)(H,56,64)(H,57,72)(H,58,71)(H,59,73)(H,60,65)(H,66,67)(H,74,75)(H4,46,47,50)(H4,48,49,51)/t23-,25+,26+,27+,28+,29+,30+,35+/m1/s1. The molecule has 9 amide bonds. The van der Waals surface area contributed by atoms with Gasteiger partial charge in [-0.1, -0.05) is 30.3 Å². The minimum atomic E-state index is -1.80. The van der Waals surface area contributed by atoms with Crippen LogP contribution in [-0.4, -0.2) is 197 Å². The second-order valence-corrected chi connectivity index (χ2v) is 17.8. The van der Waals surface area contributed by atoms with Crippen LogP contribution in [0.4, 0.5) is 0 Å². The molecule has 8 atom stereocenters. The van der Waals surface area contributed by atoms with Crippen LogP contribution in [0.15, 0.2) is 40.3 Å². The summed E-state index contributed by atoms with van der Waals surface area (Å²) in [5.74, 6) is -11.3. The summed E-state index contributed by atoms with van der Waals surface area (Å²) in [6, 6.07) is -2.26. The smallest absolute Gasteiger partial charge is 0.326 e. The molecule has 1 aromatic carbocycles. The van der Waals surface area contributed by atoms with Gasteiger partial charge in [0.05, 0.1) is 38.4 Å². The van der Waals surface area contributed by atoms with Gasteiger partial charge in [-0.3, -0.25) is 57.9 Å². The molecule has 1 rings (SSSR count). The second kappa shape index (κ2) is 36.2. The Morgan fingerprint density at radius 3 is 1.54 bits per heavy atom. The lowest BCUT2D eigenvalue weighted by Gasteiger charge is -2.27. The van der Waals surface area contributed by atoms with Crippen molar-refractivity contribution in [2.45, 2.75) is 107 Å². The summed E-state index contributed by atoms with van der Waals surface area (Å²) in [4.78, 5) is 149. The number of nitrogens with two attached hydrogens (primary N) is 5. The number of carbonyl (C=O) groups is 11. The largest absolute Gasteiger partial charge is 0.481 e. The first-order chi connectivity index (χ1) is 35.9. The number of rotatable bonds is 37. The van der Waals surface area contributed by atoms with Gasteiger partial charge in [-0.2, -0.15) is 11.8 Å². The van der Waals surface area contributed by atoms with Gasteiger partial charge in [0, 0.05) is 25.9 Å². The first kappa shape index (κ1) is 66.2. The van der Waals surface area contributed by atoms with E-state index in [0.717, 1.165) is 6.92 Å². The van der Waals surface area contributed by atoms with Crippen molar-refractivity contribution in [2.24, 2.45) is 38.7 Å². The Morgan fingerprint density at radius 1 is 0.579 bits per heavy atom. The van der Waals surface area contributed by atoms with Gasteiger partial charge in [0.2, 0.25) is 53.2 Å². The summed E-state index contributed by atoms with van der Waals surface area (Å²) >= 11 is 1.48. The zero-order valence-corrected chi connectivity index (χ0v) is 42.9. The van der Waals surface area contributed by atoms with E-state index in [1.165, 1.54) is 11.8 Å². The van der Waals surface area contributed by atoms with Gasteiger partial charge in [0.15, 0.2) is 11.9 Å². The van der Waals surface area contributed by atoms with Crippen LogP contribution in [0.3, 0.4) is 0 Å². The molecule has 0 spiro atoms. The van der Waals surface area contributed by atoms with E-state index >= 15 is 0 Å². The van der Waals surface area contributed by atoms with Gasteiger partial charge in [-0.25, -0.2) is 4.79 Å². The van der Waals surface area contributed by atoms with Crippen LogP contribution >= 0.6 is 11.8 Å². The van der Waals surface area contributed by atoms with E-state index in [1.807, 2.05) is 6.26 Å². The third-order valence-corrected chi connectivity index (χ3v) is 11.2. The van der Waals surface area contributed by atoms with Crippen molar-refractivity contribution in [3.63, 3.8) is 0 Å². The molecule has 0 unspecified atom stereocenters. The zero-order chi connectivity index (χ0) is 57.3. The number of carbonyl (C=O) groups excluding carboxylic acids is 9. The zero-order valence-electron chi connectivity index (χ0n) is 42.1. The first-order valence-corrected chi connectivity index (χ1v) is 25.0. The Labute approximate surface area is 441 Å². The van der Waals surface area contributed by atoms with E-state index in [1.54, 1.807) is 30.3 Å². The molecule has 424 valence electrons. The van der Waals surface area contributed by atoms with Gasteiger partial charge < -0.3 is 96.9 Å². The number of aliphatic hydroxyl groups is 2. The number of carboxylic acids is 2. The number of hydrogen-bond acceptors (Lipinski definition) is 17. The molecule has 23 N–H and O–H groups in total. The van der Waals surface area contributed by atoms with Gasteiger partial charge in [-0.15, -0.1) is 0 Å². The van der Waals surface area contributed by atoms with E-state index in [-0.39, 0.29) is 57.1 Å². The molecule has 0 aromatic heterocycles. The van der Waals surface area contributed by atoms with E-state index in [2.05, 4.69) is 57.8 Å². The maximum atomic E-state index is 13.9. The summed E-state index contributed by atoms with van der Waals surface area (Å²) in [5, 5.41) is 60.2. The van der Waals surface area contributed by atoms with Crippen molar-refractivity contribution >= 4 is 88.8 Å². The monoisotopic (exact) mass is 1100 g/mol. The molecular weight excluding hydrogens is 1020 g/mol. The molecular formula is C44H72N16O15S. The molecule has 0 radical (unpaired) electrons. The van der Waals surface area contributed by atoms with Gasteiger partial charge in [-0.05, 0) is 63.0 Å². The molecule has 0 aliphatic rings. The second-order valence-electron chi connectivity index (χ2n) is 16.8. The van der Waals surface area contributed by atoms with Gasteiger partial charge in [0.1, 0.15) is 36.3 Å². The summed E-state index contributed by atoms with van der Waals surface area (Å²) < 4.78 is 0. The van der Waals surface area contributed by atoms with Crippen molar-refractivity contribution < 1.29 is 73.2 Å². The number of carboxylic acid groups (broad SMARTS) is 2. The number of nitrogens with zero attached hydrogens (tertiary/aromatic N) is 2. The molecule has 0 heterocycles. The molecule has 0 saturated heterocycles. The van der Waals surface area contributed by atoms with Crippen molar-refractivity contribution in [3.05, 3.63) is 35.9 Å². The van der Waals surface area contributed by atoms with Crippen LogP contribution in [0.5, 0.6) is 0 Å². The molecule has 0 aliphatic carbocycles. The first-order valence-electron chi connectivity index (χ1n) is 23.6. The summed E-state index contributed by atoms with van der Waals surface area (Å²) in [6.45, 7) is -1.99. The number of hydrogen-bond donors (Lipinski definition) is 18. The van der Waals surface area contributed by atoms with Crippen molar-refractivity contribution in [1.29, 1.82) is 0 Å². The minimum Gasteiger partial charge on any atom is -0.481 e. The number of thioether (sulfide) groups is 1. The number of guanidine groups is 2. The number of nitrogens with one attached hydrogen (secondary N) is 9. The van der Waals surface area contributed by atoms with Crippen LogP contribution in [-0.2, 0) is 59.2 Å². The highest BCUT2D eigenvalue weighted by Crippen LogP contribution is 2.09. The fourth-order valence-corrected chi connectivity index (χ4v) is 6.99. The third-order valence-electron chi connectivity index (χ3n) is 10.5. The maximum Gasteiger partial charge on any atom is 0.326 e. The molecule has 0 saturated carbocycles. The normalized spacial score (nSPS) is 13.9. The third kappa shape index (κ3) is 28.0. The lowest BCUT2D eigenvalue weighted by Crippen LogP contribution is -2.60. The number of aliphatic carboxylic acids is 2. The Morgan fingerprint density at radius 2 is 1.04 bits per heavy atom. The average Bonchev–Trinajstić information content (AvgIpc) is 3.36. The summed E-state index contributed by atoms with van der Waals surface area (Å²) in [6.07, 6.45) is -0.758. The van der Waals surface area contributed by atoms with Crippen molar-refractivity contribution in [2.75, 3.05) is 51.3 Å². The predicted molar refractivity (Wildman–Crippen MR) is 275 cm³/mol. The Hall–Kier alpha value is -7.84. The number of benzene rings is 1. The van der Waals surface area contributed by atoms with E-state index in [0.29, 0.717) is 17.7 Å². The molecule has 32 heteroatoms. The molecule has 0 aliphatic heterocycles. The minimum absolute atomic E-state index is 0.0254. The molecule has 1 aromatic rings. The Kier molecular flexibility index (Phi) is 31.5. The van der Waals surface area contributed by atoms with Crippen molar-refractivity contribution in [1.82, 2.24) is 47.9 Å². The van der Waals surface area contributed by atoms with Crippen molar-refractivity contribution in [3.8, 4) is 0 Å². The number of amides is 9. The van der Waals surface area contributed by atoms with Crippen LogP contribution in [0.1, 0.15) is 57.4 Å². The van der Waals surface area contributed by atoms with Crippen LogP contribution in [0.2, 0.25) is 0 Å². The van der Waals surface area contributed by atoms with E-state index in [9.17, 15) is 73.2 Å². The highest BCUT2D eigenvalue weighted by molar-refractivity contribution is 7.98. The van der Waals surface area contributed by atoms with Crippen LogP contribution < -0.4 is 76.5 Å². The molecule has 0 fully saturated rings. The fraction of sp³-hybridized carbons (Fsp3) is 0.568. The summed E-state index contributed by atoms with van der Waals surface area (Å²) in [7, 11) is 0. The Balaban J connectivity index is 3.06. The lowest BCUT2D eigenvalue weighted by atomic mass is 10.0. The van der Waals surface area contributed by atoms with E-state index in [4.69, 9.17) is 28.7 Å². The number of aliphatic hydroxyl groups excluding tert-OH is 2. The predicted octanol–water partition coefficient (Wildman–Crippen LogP) is -8.00. The van der Waals surface area contributed by atoms with Gasteiger partial charge >= 0.3 is 11.9 Å². The van der Waals surface area contributed by atoms with Gasteiger partial charge in [0.25, 0.3) is 0 Å². The highest BCUT2D eigenvalue weighted by Gasteiger charge is 2.34. The van der Waals surface area contributed by atoms with Crippen LogP contribution in [0, 0.1) is 0 Å². The quantitative estimate of drug-likeness (QED) is 0.0167. The molecule has 76 heavy (non-hydrogen) atoms. The SMILES string of the molecule is CSCC[C@H](N)C(=O)NCC(=O)N[C@@H](CCCN=C(N)N)C(=O)NCC(=O)N[C@@H](CO)C(=O)NCC(=O)N[C@H](C(=O)N[C@@H](Cc1ccccc1)C(=O)N[C@@H](CCC(=O)O)C(=O)N[C@@H](CCCN=C(N)N)C(=O)O)[C@@H](C)O. The Bertz CT molecular complexity index is 2180.